The van der Waals surface area contributed by atoms with Gasteiger partial charge in [-0.1, -0.05) is 149 Å². The fraction of sp³-hybridized carbons (Fsp3) is 0.971. The van der Waals surface area contributed by atoms with Crippen LogP contribution >= 0.6 is 7.82 Å². The first-order chi connectivity index (χ1) is 21.1. The van der Waals surface area contributed by atoms with Crippen molar-refractivity contribution in [1.29, 1.82) is 0 Å². The number of hydrogen-bond donors (Lipinski definition) is 1. The van der Waals surface area contributed by atoms with Gasteiger partial charge in [-0.15, -0.1) is 0 Å². The third-order valence-electron chi connectivity index (χ3n) is 8.25. The van der Waals surface area contributed by atoms with Gasteiger partial charge in [0.05, 0.1) is 27.7 Å². The summed E-state index contributed by atoms with van der Waals surface area (Å²) in [7, 11) is 1.53. The molecule has 0 aromatic rings. The number of hydrogen-bond acceptors (Lipinski definition) is 5. The molecular formula is C35H74N3O5P. The Labute approximate surface area is 273 Å². The fourth-order valence-corrected chi connectivity index (χ4v) is 5.97. The summed E-state index contributed by atoms with van der Waals surface area (Å²) in [6.07, 6.45) is 29.2. The van der Waals surface area contributed by atoms with Crippen LogP contribution in [0.5, 0.6) is 0 Å². The van der Waals surface area contributed by atoms with E-state index >= 15 is 0 Å². The second-order valence-electron chi connectivity index (χ2n) is 13.8. The van der Waals surface area contributed by atoms with Crippen molar-refractivity contribution in [3.63, 3.8) is 0 Å². The standard InChI is InChI=1S/C35H74N3O5P/c1-6-8-10-12-14-16-17-18-19-20-21-23-25-27-29-36-35(39)37(30-28-26-24-22-15-13-11-9-7-2)31-33-42-44(40,41)43-34-32-38(3,4)5/h6-34H2,1-5H3,(H-,36,39,40,41). The van der Waals surface area contributed by atoms with Gasteiger partial charge >= 0.3 is 6.03 Å². The molecule has 0 heterocycles. The summed E-state index contributed by atoms with van der Waals surface area (Å²) in [6.45, 7) is 6.54. The van der Waals surface area contributed by atoms with Crippen LogP contribution in [-0.4, -0.2) is 75.9 Å². The summed E-state index contributed by atoms with van der Waals surface area (Å²) in [5, 5.41) is 3.06. The number of likely N-dealkylation sites (N-methyl/N-ethyl adjacent to an activating group) is 1. The number of nitrogens with zero attached hydrogens (tertiary/aromatic N) is 2. The van der Waals surface area contributed by atoms with Crippen molar-refractivity contribution in [3.05, 3.63) is 0 Å². The smallest absolute Gasteiger partial charge is 0.317 e. The van der Waals surface area contributed by atoms with Crippen LogP contribution in [0.3, 0.4) is 0 Å². The van der Waals surface area contributed by atoms with Gasteiger partial charge in [-0.2, -0.15) is 0 Å². The summed E-state index contributed by atoms with van der Waals surface area (Å²) >= 11 is 0. The Morgan fingerprint density at radius 2 is 1.00 bits per heavy atom. The minimum atomic E-state index is -4.39. The molecule has 0 aliphatic heterocycles. The van der Waals surface area contributed by atoms with Crippen molar-refractivity contribution >= 4 is 13.9 Å². The SMILES string of the molecule is CCCCCCCCCCCCCCCCNC(=O)N(CCCCCCCCCCC)CCOP(=O)([O-])OCC[N+](C)(C)C. The molecule has 1 unspecified atom stereocenters. The molecule has 0 fully saturated rings. The summed E-state index contributed by atoms with van der Waals surface area (Å²) in [6, 6.07) is -0.130. The zero-order valence-corrected chi connectivity index (χ0v) is 30.8. The molecule has 0 radical (unpaired) electrons. The number of phosphoric ester groups is 1. The lowest BCUT2D eigenvalue weighted by Crippen LogP contribution is -2.42. The molecule has 264 valence electrons. The maximum atomic E-state index is 13.0. The molecule has 0 rings (SSSR count). The molecule has 0 bridgehead atoms. The van der Waals surface area contributed by atoms with Crippen LogP contribution in [0.1, 0.15) is 162 Å². The summed E-state index contributed by atoms with van der Waals surface area (Å²) < 4.78 is 22.9. The number of carbonyl (C=O) groups is 1. The number of rotatable bonds is 33. The number of amides is 2. The maximum absolute atomic E-state index is 13.0. The number of unbranched alkanes of at least 4 members (excludes halogenated alkanes) is 21. The predicted molar refractivity (Wildman–Crippen MR) is 185 cm³/mol. The Morgan fingerprint density at radius 1 is 0.614 bits per heavy atom. The van der Waals surface area contributed by atoms with E-state index in [-0.39, 0.29) is 25.8 Å². The summed E-state index contributed by atoms with van der Waals surface area (Å²) in [5.41, 5.74) is 0. The minimum absolute atomic E-state index is 0.0755. The predicted octanol–water partition coefficient (Wildman–Crippen LogP) is 9.22. The highest BCUT2D eigenvalue weighted by Gasteiger charge is 2.17. The fourth-order valence-electron chi connectivity index (χ4n) is 5.28. The van der Waals surface area contributed by atoms with Crippen LogP contribution in [0.15, 0.2) is 0 Å². The number of carbonyl (C=O) groups excluding carboxylic acids is 1. The van der Waals surface area contributed by atoms with E-state index in [1.54, 1.807) is 4.90 Å². The average molecular weight is 648 g/mol. The van der Waals surface area contributed by atoms with Gasteiger partial charge < -0.3 is 28.6 Å². The van der Waals surface area contributed by atoms with E-state index in [1.807, 2.05) is 21.1 Å². The van der Waals surface area contributed by atoms with E-state index < -0.39 is 7.82 Å². The highest BCUT2D eigenvalue weighted by atomic mass is 31.2. The van der Waals surface area contributed by atoms with Gasteiger partial charge in [-0.05, 0) is 12.8 Å². The molecular weight excluding hydrogens is 573 g/mol. The van der Waals surface area contributed by atoms with Crippen LogP contribution in [-0.2, 0) is 13.6 Å². The van der Waals surface area contributed by atoms with Gasteiger partial charge in [-0.25, -0.2) is 4.79 Å². The summed E-state index contributed by atoms with van der Waals surface area (Å²) in [4.78, 5) is 26.8. The molecule has 0 aliphatic carbocycles. The minimum Gasteiger partial charge on any atom is -0.756 e. The van der Waals surface area contributed by atoms with Crippen molar-refractivity contribution < 1.29 is 27.8 Å². The van der Waals surface area contributed by atoms with Crippen molar-refractivity contribution in [1.82, 2.24) is 10.2 Å². The molecule has 0 aromatic carbocycles. The number of quaternary nitrogens is 1. The van der Waals surface area contributed by atoms with Crippen LogP contribution in [0.2, 0.25) is 0 Å². The lowest BCUT2D eigenvalue weighted by molar-refractivity contribution is -0.870. The topological polar surface area (TPSA) is 90.9 Å². The van der Waals surface area contributed by atoms with Crippen LogP contribution < -0.4 is 10.2 Å². The van der Waals surface area contributed by atoms with Gasteiger partial charge in [0.1, 0.15) is 13.2 Å². The zero-order valence-electron chi connectivity index (χ0n) is 29.9. The van der Waals surface area contributed by atoms with Gasteiger partial charge in [-0.3, -0.25) is 4.57 Å². The molecule has 2 amide bonds. The number of phosphoric acid groups is 1. The Bertz CT molecular complexity index is 690. The van der Waals surface area contributed by atoms with E-state index in [2.05, 4.69) is 19.2 Å². The largest absolute Gasteiger partial charge is 0.756 e. The van der Waals surface area contributed by atoms with Gasteiger partial charge in [0.25, 0.3) is 7.82 Å². The normalized spacial score (nSPS) is 13.2. The van der Waals surface area contributed by atoms with Crippen LogP contribution in [0.4, 0.5) is 4.79 Å². The van der Waals surface area contributed by atoms with E-state index in [9.17, 15) is 14.3 Å². The summed E-state index contributed by atoms with van der Waals surface area (Å²) in [5.74, 6) is 0. The first-order valence-electron chi connectivity index (χ1n) is 18.5. The molecule has 9 heteroatoms. The highest BCUT2D eigenvalue weighted by Crippen LogP contribution is 2.37. The Balaban J connectivity index is 4.24. The molecule has 44 heavy (non-hydrogen) atoms. The van der Waals surface area contributed by atoms with Crippen molar-refractivity contribution in [2.45, 2.75) is 162 Å². The average Bonchev–Trinajstić information content (AvgIpc) is 2.96. The van der Waals surface area contributed by atoms with Crippen LogP contribution in [0.25, 0.3) is 0 Å². The van der Waals surface area contributed by atoms with Crippen LogP contribution in [0, 0.1) is 0 Å². The molecule has 1 atom stereocenters. The van der Waals surface area contributed by atoms with Crippen molar-refractivity contribution in [3.8, 4) is 0 Å². The number of urea groups is 1. The molecule has 8 nitrogen and oxygen atoms in total. The number of nitrogens with one attached hydrogen (secondary N) is 1. The maximum Gasteiger partial charge on any atom is 0.317 e. The van der Waals surface area contributed by atoms with Crippen molar-refractivity contribution in [2.75, 3.05) is 60.5 Å². The molecule has 0 spiro atoms. The van der Waals surface area contributed by atoms with Gasteiger partial charge in [0.2, 0.25) is 0 Å². The molecule has 0 saturated heterocycles. The van der Waals surface area contributed by atoms with Gasteiger partial charge in [0.15, 0.2) is 0 Å². The first-order valence-corrected chi connectivity index (χ1v) is 20.0. The second-order valence-corrected chi connectivity index (χ2v) is 15.2. The van der Waals surface area contributed by atoms with E-state index in [4.69, 9.17) is 9.05 Å². The Hall–Kier alpha value is -0.660. The molecule has 0 aromatic heterocycles. The zero-order chi connectivity index (χ0) is 32.8. The Kier molecular flexibility index (Phi) is 29.3. The lowest BCUT2D eigenvalue weighted by Gasteiger charge is -2.28. The quantitative estimate of drug-likeness (QED) is 0.0436. The monoisotopic (exact) mass is 648 g/mol. The van der Waals surface area contributed by atoms with E-state index in [0.29, 0.717) is 24.1 Å². The van der Waals surface area contributed by atoms with E-state index in [1.165, 1.54) is 122 Å². The third kappa shape index (κ3) is 31.3. The molecule has 0 aliphatic rings. The molecule has 1 N–H and O–H groups in total. The van der Waals surface area contributed by atoms with Crippen molar-refractivity contribution in [2.24, 2.45) is 0 Å². The van der Waals surface area contributed by atoms with E-state index in [0.717, 1.165) is 25.7 Å². The first kappa shape index (κ1) is 43.3. The highest BCUT2D eigenvalue weighted by molar-refractivity contribution is 7.45. The third-order valence-corrected chi connectivity index (χ3v) is 9.25. The Morgan fingerprint density at radius 3 is 1.43 bits per heavy atom. The lowest BCUT2D eigenvalue weighted by atomic mass is 10.0. The second kappa shape index (κ2) is 29.7. The molecule has 0 saturated carbocycles. The van der Waals surface area contributed by atoms with Gasteiger partial charge in [0, 0.05) is 19.6 Å².